The summed E-state index contributed by atoms with van der Waals surface area (Å²) >= 11 is 0. The van der Waals surface area contributed by atoms with Gasteiger partial charge in [0.1, 0.15) is 0 Å². The average Bonchev–Trinajstić information content (AvgIpc) is 2.06. The van der Waals surface area contributed by atoms with Crippen molar-refractivity contribution in [2.24, 2.45) is 11.8 Å². The minimum atomic E-state index is -0.927. The van der Waals surface area contributed by atoms with Crippen molar-refractivity contribution in [2.45, 2.75) is 12.8 Å². The van der Waals surface area contributed by atoms with E-state index < -0.39 is 11.9 Å². The summed E-state index contributed by atoms with van der Waals surface area (Å²) in [6, 6.07) is 0. The molecule has 5 heteroatoms. The molecular formula is C9H12O5. The maximum atomic E-state index is 10.5. The van der Waals surface area contributed by atoms with E-state index in [4.69, 9.17) is 14.9 Å². The first-order valence-electron chi connectivity index (χ1n) is 4.31. The zero-order valence-corrected chi connectivity index (χ0v) is 7.55. The molecule has 0 aromatic heterocycles. The van der Waals surface area contributed by atoms with Gasteiger partial charge in [-0.3, -0.25) is 9.59 Å². The second-order valence-electron chi connectivity index (χ2n) is 3.28. The number of carbonyl (C=O) groups is 2. The van der Waals surface area contributed by atoms with Gasteiger partial charge in [0, 0.05) is 5.92 Å². The molecule has 78 valence electrons. The Kier molecular flexibility index (Phi) is 3.50. The normalized spacial score (nSPS) is 25.4. The molecule has 5 nitrogen and oxygen atoms in total. The molecule has 0 spiro atoms. The molecule has 0 saturated carbocycles. The Balaban J connectivity index is 2.57. The van der Waals surface area contributed by atoms with Crippen LogP contribution >= 0.6 is 0 Å². The summed E-state index contributed by atoms with van der Waals surface area (Å²) in [5.74, 6) is -2.33. The lowest BCUT2D eigenvalue weighted by molar-refractivity contribution is -0.142. The fourth-order valence-corrected chi connectivity index (χ4v) is 1.49. The fourth-order valence-electron chi connectivity index (χ4n) is 1.49. The van der Waals surface area contributed by atoms with Gasteiger partial charge in [0.25, 0.3) is 0 Å². The van der Waals surface area contributed by atoms with E-state index in [2.05, 4.69) is 0 Å². The van der Waals surface area contributed by atoms with E-state index in [0.717, 1.165) is 0 Å². The molecule has 0 amide bonds. The smallest absolute Gasteiger partial charge is 0.303 e. The predicted octanol–water partition coefficient (Wildman–Crippen LogP) is 0.712. The Morgan fingerprint density at radius 2 is 1.93 bits per heavy atom. The number of rotatable bonds is 4. The third-order valence-electron chi connectivity index (χ3n) is 2.18. The summed E-state index contributed by atoms with van der Waals surface area (Å²) in [4.78, 5) is 20.9. The van der Waals surface area contributed by atoms with E-state index in [-0.39, 0.29) is 31.3 Å². The van der Waals surface area contributed by atoms with Crippen LogP contribution in [0.15, 0.2) is 12.3 Å². The highest BCUT2D eigenvalue weighted by Crippen LogP contribution is 2.25. The van der Waals surface area contributed by atoms with Crippen molar-refractivity contribution >= 4 is 11.9 Å². The van der Waals surface area contributed by atoms with Crippen molar-refractivity contribution in [2.75, 3.05) is 6.61 Å². The van der Waals surface area contributed by atoms with Gasteiger partial charge in [0.05, 0.1) is 25.7 Å². The maximum Gasteiger partial charge on any atom is 0.303 e. The number of allylic oxidation sites excluding steroid dienone is 1. The Labute approximate surface area is 81.0 Å². The van der Waals surface area contributed by atoms with Crippen LogP contribution in [0.1, 0.15) is 12.8 Å². The lowest BCUT2D eigenvalue weighted by Crippen LogP contribution is -2.26. The molecule has 0 aromatic rings. The zero-order chi connectivity index (χ0) is 10.6. The average molecular weight is 200 g/mol. The van der Waals surface area contributed by atoms with Crippen molar-refractivity contribution in [3.8, 4) is 0 Å². The quantitative estimate of drug-likeness (QED) is 0.698. The lowest BCUT2D eigenvalue weighted by Gasteiger charge is -2.24. The second-order valence-corrected chi connectivity index (χ2v) is 3.28. The van der Waals surface area contributed by atoms with Gasteiger partial charge in [-0.1, -0.05) is 0 Å². The van der Waals surface area contributed by atoms with Crippen LogP contribution < -0.4 is 0 Å². The molecule has 1 aliphatic rings. The highest BCUT2D eigenvalue weighted by atomic mass is 16.5. The van der Waals surface area contributed by atoms with Gasteiger partial charge in [-0.2, -0.15) is 0 Å². The zero-order valence-electron chi connectivity index (χ0n) is 7.55. The van der Waals surface area contributed by atoms with Crippen molar-refractivity contribution in [1.29, 1.82) is 0 Å². The molecule has 1 heterocycles. The molecule has 0 saturated heterocycles. The van der Waals surface area contributed by atoms with Gasteiger partial charge >= 0.3 is 11.9 Å². The summed E-state index contributed by atoms with van der Waals surface area (Å²) in [6.07, 6.45) is 2.96. The summed E-state index contributed by atoms with van der Waals surface area (Å²) in [5.41, 5.74) is 0. The van der Waals surface area contributed by atoms with E-state index >= 15 is 0 Å². The van der Waals surface area contributed by atoms with E-state index in [0.29, 0.717) is 0 Å². The molecule has 0 unspecified atom stereocenters. The predicted molar refractivity (Wildman–Crippen MR) is 46.6 cm³/mol. The standard InChI is InChI=1S/C9H12O5/c10-8(11)3-6-1-2-14-5-7(6)4-9(12)13/h1-2,6-7H,3-5H2,(H,10,11)(H,12,13)/t6-,7-/m1/s1. The van der Waals surface area contributed by atoms with Crippen molar-refractivity contribution in [1.82, 2.24) is 0 Å². The summed E-state index contributed by atoms with van der Waals surface area (Å²) in [5, 5.41) is 17.2. The third kappa shape index (κ3) is 3.08. The van der Waals surface area contributed by atoms with Gasteiger partial charge in [-0.05, 0) is 12.0 Å². The van der Waals surface area contributed by atoms with E-state index in [1.54, 1.807) is 6.08 Å². The Morgan fingerprint density at radius 3 is 2.50 bits per heavy atom. The van der Waals surface area contributed by atoms with Gasteiger partial charge in [0.2, 0.25) is 0 Å². The summed E-state index contributed by atoms with van der Waals surface area (Å²) in [6.45, 7) is 0.279. The van der Waals surface area contributed by atoms with Gasteiger partial charge in [0.15, 0.2) is 0 Å². The van der Waals surface area contributed by atoms with E-state index in [1.807, 2.05) is 0 Å². The molecule has 1 aliphatic heterocycles. The first-order valence-corrected chi connectivity index (χ1v) is 4.31. The maximum absolute atomic E-state index is 10.5. The Bertz CT molecular complexity index is 258. The fraction of sp³-hybridized carbons (Fsp3) is 0.556. The molecule has 2 atom stereocenters. The number of hydrogen-bond donors (Lipinski definition) is 2. The lowest BCUT2D eigenvalue weighted by atomic mass is 9.86. The van der Waals surface area contributed by atoms with Gasteiger partial charge in [-0.25, -0.2) is 0 Å². The van der Waals surface area contributed by atoms with Crippen LogP contribution in [0.3, 0.4) is 0 Å². The van der Waals surface area contributed by atoms with Gasteiger partial charge < -0.3 is 14.9 Å². The van der Waals surface area contributed by atoms with Crippen molar-refractivity contribution in [3.05, 3.63) is 12.3 Å². The first kappa shape index (κ1) is 10.6. The number of carboxylic acids is 2. The molecule has 2 N–H and O–H groups in total. The van der Waals surface area contributed by atoms with Crippen LogP contribution in [0.2, 0.25) is 0 Å². The SMILES string of the molecule is O=C(O)C[C@@H]1COC=C[C@@H]1CC(=O)O. The van der Waals surface area contributed by atoms with Crippen LogP contribution in [0, 0.1) is 11.8 Å². The van der Waals surface area contributed by atoms with Crippen molar-refractivity contribution < 1.29 is 24.5 Å². The molecule has 1 rings (SSSR count). The van der Waals surface area contributed by atoms with E-state index in [1.165, 1.54) is 6.26 Å². The Hall–Kier alpha value is -1.52. The van der Waals surface area contributed by atoms with E-state index in [9.17, 15) is 9.59 Å². The molecule has 0 aromatic carbocycles. The third-order valence-corrected chi connectivity index (χ3v) is 2.18. The molecule has 0 radical (unpaired) electrons. The second kappa shape index (κ2) is 4.64. The minimum absolute atomic E-state index is 0.0438. The first-order chi connectivity index (χ1) is 6.59. The van der Waals surface area contributed by atoms with Gasteiger partial charge in [-0.15, -0.1) is 0 Å². The van der Waals surface area contributed by atoms with Crippen molar-refractivity contribution in [3.63, 3.8) is 0 Å². The molecular weight excluding hydrogens is 188 g/mol. The number of carboxylic acid groups (broad SMARTS) is 2. The summed E-state index contributed by atoms with van der Waals surface area (Å²) < 4.78 is 4.96. The number of aliphatic carboxylic acids is 2. The monoisotopic (exact) mass is 200 g/mol. The summed E-state index contributed by atoms with van der Waals surface area (Å²) in [7, 11) is 0. The largest absolute Gasteiger partial charge is 0.501 e. The minimum Gasteiger partial charge on any atom is -0.501 e. The van der Waals surface area contributed by atoms with Crippen LogP contribution in [0.5, 0.6) is 0 Å². The molecule has 0 bridgehead atoms. The molecule has 0 fully saturated rings. The highest BCUT2D eigenvalue weighted by Gasteiger charge is 2.26. The van der Waals surface area contributed by atoms with Crippen LogP contribution in [0.25, 0.3) is 0 Å². The highest BCUT2D eigenvalue weighted by molar-refractivity contribution is 5.69. The van der Waals surface area contributed by atoms with Crippen LogP contribution in [0.4, 0.5) is 0 Å². The van der Waals surface area contributed by atoms with Crippen LogP contribution in [-0.2, 0) is 14.3 Å². The topological polar surface area (TPSA) is 83.8 Å². The van der Waals surface area contributed by atoms with Crippen LogP contribution in [-0.4, -0.2) is 28.8 Å². The molecule has 14 heavy (non-hydrogen) atoms. The number of hydrogen-bond acceptors (Lipinski definition) is 3. The molecule has 0 aliphatic carbocycles. The number of ether oxygens (including phenoxy) is 1. The Morgan fingerprint density at radius 1 is 1.29 bits per heavy atom.